The number of amides is 1. The Hall–Kier alpha value is -2.90. The second-order valence-electron chi connectivity index (χ2n) is 10.2. The molecule has 0 radical (unpaired) electrons. The summed E-state index contributed by atoms with van der Waals surface area (Å²) in [6, 6.07) is 15.7. The molecule has 186 valence electrons. The highest BCUT2D eigenvalue weighted by Gasteiger charge is 2.39. The van der Waals surface area contributed by atoms with Gasteiger partial charge in [-0.1, -0.05) is 30.3 Å². The van der Waals surface area contributed by atoms with Crippen molar-refractivity contribution in [3.63, 3.8) is 0 Å². The molecule has 1 aromatic heterocycles. The first kappa shape index (κ1) is 23.8. The zero-order valence-corrected chi connectivity index (χ0v) is 20.6. The lowest BCUT2D eigenvalue weighted by Crippen LogP contribution is -2.49. The number of benzene rings is 2. The molecular weight excluding hydrogens is 443 g/mol. The molecule has 1 saturated heterocycles. The van der Waals surface area contributed by atoms with Crippen molar-refractivity contribution >= 4 is 17.0 Å². The van der Waals surface area contributed by atoms with E-state index in [9.17, 15) is 9.18 Å². The van der Waals surface area contributed by atoms with E-state index in [1.807, 2.05) is 6.20 Å². The number of rotatable bonds is 5. The number of hydrogen-bond donors (Lipinski definition) is 2. The van der Waals surface area contributed by atoms with Gasteiger partial charge in [0, 0.05) is 41.8 Å². The van der Waals surface area contributed by atoms with Crippen molar-refractivity contribution < 1.29 is 14.0 Å². The van der Waals surface area contributed by atoms with Crippen molar-refractivity contribution in [1.82, 2.24) is 20.3 Å². The number of nitrogens with one attached hydrogen (secondary N) is 2. The fourth-order valence-electron chi connectivity index (χ4n) is 6.00. The van der Waals surface area contributed by atoms with E-state index in [1.165, 1.54) is 11.6 Å². The zero-order chi connectivity index (χ0) is 24.4. The Bertz CT molecular complexity index is 1150. The van der Waals surface area contributed by atoms with E-state index in [-0.39, 0.29) is 23.5 Å². The maximum Gasteiger partial charge on any atom is 0.426 e. The van der Waals surface area contributed by atoms with Crippen LogP contribution in [0.15, 0.2) is 54.7 Å². The summed E-state index contributed by atoms with van der Waals surface area (Å²) in [7, 11) is 4.29. The number of carbonyl (C=O) groups excluding carboxylic acids is 1. The van der Waals surface area contributed by atoms with Crippen LogP contribution in [0.25, 0.3) is 10.9 Å². The maximum atomic E-state index is 13.7. The van der Waals surface area contributed by atoms with E-state index >= 15 is 0 Å². The Labute approximate surface area is 206 Å². The molecule has 0 spiro atoms. The molecule has 0 bridgehead atoms. The molecule has 3 aromatic rings. The number of halogens is 1. The van der Waals surface area contributed by atoms with Gasteiger partial charge in [-0.25, -0.2) is 9.18 Å². The minimum atomic E-state index is -0.361. The van der Waals surface area contributed by atoms with Crippen LogP contribution in [0.4, 0.5) is 9.18 Å². The topological polar surface area (TPSA) is 60.6 Å². The minimum Gasteiger partial charge on any atom is -0.361 e. The Morgan fingerprint density at radius 3 is 2.49 bits per heavy atom. The molecule has 2 heterocycles. The highest BCUT2D eigenvalue weighted by Crippen LogP contribution is 2.41. The number of hydroxylamine groups is 2. The van der Waals surface area contributed by atoms with Gasteiger partial charge in [-0.2, -0.15) is 0 Å². The first-order valence-electron chi connectivity index (χ1n) is 12.7. The van der Waals surface area contributed by atoms with Crippen molar-refractivity contribution in [3.8, 4) is 0 Å². The van der Waals surface area contributed by atoms with E-state index in [4.69, 9.17) is 4.84 Å². The lowest BCUT2D eigenvalue weighted by atomic mass is 9.74. The molecule has 0 unspecified atom stereocenters. The average molecular weight is 479 g/mol. The zero-order valence-electron chi connectivity index (χ0n) is 20.6. The fourth-order valence-corrected chi connectivity index (χ4v) is 6.00. The highest BCUT2D eigenvalue weighted by atomic mass is 19.1. The molecule has 2 fully saturated rings. The summed E-state index contributed by atoms with van der Waals surface area (Å²) in [5.74, 6) is 0.106. The number of nitrogens with zero attached hydrogens (tertiary/aromatic N) is 2. The largest absolute Gasteiger partial charge is 0.426 e. The standard InChI is InChI=1S/C28H35FN4O2/c1-32(2)28(21-6-4-3-5-7-21)14-10-23(11-15-28)31-27(34)35-33-16-12-20(13-17-33)25-19-30-26-9-8-22(29)18-24(25)26/h3-9,18-20,23,30H,10-17H2,1-2H3,(H,31,34). The van der Waals surface area contributed by atoms with Crippen LogP contribution in [-0.4, -0.2) is 54.3 Å². The molecule has 0 atom stereocenters. The van der Waals surface area contributed by atoms with Crippen molar-refractivity contribution in [2.75, 3.05) is 27.2 Å². The predicted octanol–water partition coefficient (Wildman–Crippen LogP) is 5.53. The van der Waals surface area contributed by atoms with Gasteiger partial charge in [0.2, 0.25) is 0 Å². The van der Waals surface area contributed by atoms with Crippen LogP contribution in [-0.2, 0) is 10.4 Å². The van der Waals surface area contributed by atoms with E-state index in [1.54, 1.807) is 17.2 Å². The lowest BCUT2D eigenvalue weighted by molar-refractivity contribution is -0.115. The summed E-state index contributed by atoms with van der Waals surface area (Å²) in [5.41, 5.74) is 3.45. The molecule has 1 aliphatic heterocycles. The van der Waals surface area contributed by atoms with Crippen molar-refractivity contribution in [1.29, 1.82) is 0 Å². The van der Waals surface area contributed by atoms with Crippen LogP contribution in [0.3, 0.4) is 0 Å². The lowest BCUT2D eigenvalue weighted by Gasteiger charge is -2.45. The molecule has 2 N–H and O–H groups in total. The Balaban J connectivity index is 1.11. The molecule has 1 aliphatic carbocycles. The second-order valence-corrected chi connectivity index (χ2v) is 10.2. The third kappa shape index (κ3) is 4.93. The van der Waals surface area contributed by atoms with Crippen molar-refractivity contribution in [2.24, 2.45) is 0 Å². The third-order valence-electron chi connectivity index (χ3n) is 8.08. The normalized spacial score (nSPS) is 24.1. The van der Waals surface area contributed by atoms with Crippen LogP contribution in [0.1, 0.15) is 55.6 Å². The van der Waals surface area contributed by atoms with Crippen LogP contribution in [0, 0.1) is 5.82 Å². The molecule has 1 amide bonds. The monoisotopic (exact) mass is 478 g/mol. The molecule has 2 aliphatic rings. The van der Waals surface area contributed by atoms with Gasteiger partial charge in [0.1, 0.15) is 5.82 Å². The van der Waals surface area contributed by atoms with E-state index in [0.717, 1.165) is 55.0 Å². The van der Waals surface area contributed by atoms with Gasteiger partial charge in [0.25, 0.3) is 0 Å². The van der Waals surface area contributed by atoms with Crippen LogP contribution in [0.2, 0.25) is 0 Å². The SMILES string of the molecule is CN(C)C1(c2ccccc2)CCC(NC(=O)ON2CCC(c3c[nH]c4ccc(F)cc34)CC2)CC1. The number of piperidine rings is 1. The Kier molecular flexibility index (Phi) is 6.80. The summed E-state index contributed by atoms with van der Waals surface area (Å²) >= 11 is 0. The van der Waals surface area contributed by atoms with Crippen LogP contribution >= 0.6 is 0 Å². The molecule has 7 heteroatoms. The number of carbonyl (C=O) groups is 1. The second kappa shape index (κ2) is 9.99. The quantitative estimate of drug-likeness (QED) is 0.506. The highest BCUT2D eigenvalue weighted by molar-refractivity contribution is 5.83. The average Bonchev–Trinajstić information content (AvgIpc) is 3.28. The van der Waals surface area contributed by atoms with Gasteiger partial charge in [-0.15, -0.1) is 5.06 Å². The summed E-state index contributed by atoms with van der Waals surface area (Å²) < 4.78 is 13.7. The van der Waals surface area contributed by atoms with E-state index < -0.39 is 0 Å². The van der Waals surface area contributed by atoms with Gasteiger partial charge in [-0.05, 0) is 87.9 Å². The van der Waals surface area contributed by atoms with Crippen molar-refractivity contribution in [3.05, 3.63) is 71.7 Å². The van der Waals surface area contributed by atoms with Gasteiger partial charge in [-0.3, -0.25) is 4.90 Å². The maximum absolute atomic E-state index is 13.7. The number of H-pyrrole nitrogens is 1. The predicted molar refractivity (Wildman–Crippen MR) is 135 cm³/mol. The molecule has 1 saturated carbocycles. The summed E-state index contributed by atoms with van der Waals surface area (Å²) in [6.07, 6.45) is 7.18. The summed E-state index contributed by atoms with van der Waals surface area (Å²) in [6.45, 7) is 1.34. The summed E-state index contributed by atoms with van der Waals surface area (Å²) in [4.78, 5) is 23.9. The smallest absolute Gasteiger partial charge is 0.361 e. The van der Waals surface area contributed by atoms with Gasteiger partial charge < -0.3 is 15.1 Å². The molecule has 2 aromatic carbocycles. The van der Waals surface area contributed by atoms with Crippen LogP contribution < -0.4 is 5.32 Å². The van der Waals surface area contributed by atoms with Gasteiger partial charge in [0.15, 0.2) is 0 Å². The summed E-state index contributed by atoms with van der Waals surface area (Å²) in [5, 5.41) is 5.81. The van der Waals surface area contributed by atoms with Crippen molar-refractivity contribution in [2.45, 2.75) is 56.0 Å². The molecule has 35 heavy (non-hydrogen) atoms. The molecule has 6 nitrogen and oxygen atoms in total. The first-order chi connectivity index (χ1) is 16.9. The first-order valence-corrected chi connectivity index (χ1v) is 12.7. The number of aromatic amines is 1. The van der Waals surface area contributed by atoms with E-state index in [2.05, 4.69) is 59.6 Å². The molecule has 5 rings (SSSR count). The number of fused-ring (bicyclic) bond motifs is 1. The van der Waals surface area contributed by atoms with Gasteiger partial charge in [0.05, 0.1) is 0 Å². The molecular formula is C28H35FN4O2. The third-order valence-corrected chi connectivity index (χ3v) is 8.08. The number of hydrogen-bond acceptors (Lipinski definition) is 4. The van der Waals surface area contributed by atoms with Crippen LogP contribution in [0.5, 0.6) is 0 Å². The Morgan fingerprint density at radius 2 is 1.80 bits per heavy atom. The Morgan fingerprint density at radius 1 is 1.09 bits per heavy atom. The van der Waals surface area contributed by atoms with E-state index in [0.29, 0.717) is 19.0 Å². The number of aromatic nitrogens is 1. The minimum absolute atomic E-state index is 0.0105. The van der Waals surface area contributed by atoms with Gasteiger partial charge >= 0.3 is 6.09 Å². The fraction of sp³-hybridized carbons (Fsp3) is 0.464.